The van der Waals surface area contributed by atoms with Crippen LogP contribution >= 0.6 is 0 Å². The topological polar surface area (TPSA) is 74.6 Å². The first-order valence-corrected chi connectivity index (χ1v) is 15.5. The molecule has 0 aromatic carbocycles. The van der Waals surface area contributed by atoms with Gasteiger partial charge in [-0.3, -0.25) is 0 Å². The molecule has 0 rings (SSSR count). The summed E-state index contributed by atoms with van der Waals surface area (Å²) in [4.78, 5) is 23.7. The molecule has 212 valence electrons. The maximum Gasteiger partial charge on any atom is 0.332 e. The summed E-state index contributed by atoms with van der Waals surface area (Å²) in [6, 6.07) is 0. The lowest BCUT2D eigenvalue weighted by molar-refractivity contribution is -0.136. The van der Waals surface area contributed by atoms with Crippen LogP contribution in [0.3, 0.4) is 0 Å². The van der Waals surface area contributed by atoms with Crippen molar-refractivity contribution < 1.29 is 19.8 Å². The zero-order chi connectivity index (χ0) is 27.0. The molecule has 0 aliphatic carbocycles. The molecule has 0 saturated heterocycles. The van der Waals surface area contributed by atoms with Gasteiger partial charge in [-0.05, 0) is 37.5 Å². The summed E-state index contributed by atoms with van der Waals surface area (Å²) in [6.07, 6.45) is 24.7. The summed E-state index contributed by atoms with van der Waals surface area (Å²) >= 11 is 0. The van der Waals surface area contributed by atoms with Gasteiger partial charge in [0.15, 0.2) is 0 Å². The van der Waals surface area contributed by atoms with E-state index in [1.165, 1.54) is 89.9 Å². The van der Waals surface area contributed by atoms with Crippen molar-refractivity contribution in [2.24, 2.45) is 11.8 Å². The van der Waals surface area contributed by atoms with Gasteiger partial charge >= 0.3 is 11.9 Å². The summed E-state index contributed by atoms with van der Waals surface area (Å²) in [7, 11) is 0. The molecule has 2 unspecified atom stereocenters. The van der Waals surface area contributed by atoms with Gasteiger partial charge in [0.1, 0.15) is 0 Å². The lowest BCUT2D eigenvalue weighted by Crippen LogP contribution is -2.12. The molecule has 0 aliphatic rings. The Morgan fingerprint density at radius 2 is 0.750 bits per heavy atom. The summed E-state index contributed by atoms with van der Waals surface area (Å²) < 4.78 is 0. The van der Waals surface area contributed by atoms with E-state index in [4.69, 9.17) is 0 Å². The SMILES string of the molecule is CCCCCCCCC(C)CCCC/C(C(=O)O)=C(\CCCCC(C)CCCCCCCC)C(=O)O. The highest BCUT2D eigenvalue weighted by molar-refractivity contribution is 5.98. The smallest absolute Gasteiger partial charge is 0.332 e. The van der Waals surface area contributed by atoms with Gasteiger partial charge in [-0.25, -0.2) is 9.59 Å². The summed E-state index contributed by atoms with van der Waals surface area (Å²) in [6.45, 7) is 9.06. The Morgan fingerprint density at radius 1 is 0.472 bits per heavy atom. The van der Waals surface area contributed by atoms with Crippen LogP contribution in [-0.2, 0) is 9.59 Å². The van der Waals surface area contributed by atoms with Crippen LogP contribution in [0.25, 0.3) is 0 Å². The second-order valence-corrected chi connectivity index (χ2v) is 11.4. The highest BCUT2D eigenvalue weighted by Gasteiger charge is 2.20. The van der Waals surface area contributed by atoms with Gasteiger partial charge in [0.25, 0.3) is 0 Å². The predicted molar refractivity (Wildman–Crippen MR) is 154 cm³/mol. The van der Waals surface area contributed by atoms with Gasteiger partial charge in [0.2, 0.25) is 0 Å². The Bertz CT molecular complexity index is 531. The van der Waals surface area contributed by atoms with Crippen LogP contribution in [0.1, 0.15) is 169 Å². The first-order chi connectivity index (χ1) is 17.3. The fourth-order valence-corrected chi connectivity index (χ4v) is 5.20. The van der Waals surface area contributed by atoms with Crippen molar-refractivity contribution in [1.82, 2.24) is 0 Å². The Morgan fingerprint density at radius 3 is 1.06 bits per heavy atom. The first kappa shape index (κ1) is 34.7. The van der Waals surface area contributed by atoms with Gasteiger partial charge in [0, 0.05) is 11.1 Å². The van der Waals surface area contributed by atoms with E-state index >= 15 is 0 Å². The minimum absolute atomic E-state index is 0.131. The molecule has 2 atom stereocenters. The minimum Gasteiger partial charge on any atom is -0.478 e. The molecule has 0 heterocycles. The molecule has 0 radical (unpaired) electrons. The largest absolute Gasteiger partial charge is 0.478 e. The van der Waals surface area contributed by atoms with E-state index in [1.54, 1.807) is 0 Å². The van der Waals surface area contributed by atoms with E-state index in [2.05, 4.69) is 27.7 Å². The van der Waals surface area contributed by atoms with Gasteiger partial charge < -0.3 is 10.2 Å². The van der Waals surface area contributed by atoms with E-state index in [-0.39, 0.29) is 11.1 Å². The fraction of sp³-hybridized carbons (Fsp3) is 0.875. The predicted octanol–water partition coefficient (Wildman–Crippen LogP) is 10.3. The van der Waals surface area contributed by atoms with E-state index in [0.717, 1.165) is 38.5 Å². The van der Waals surface area contributed by atoms with Crippen LogP contribution in [-0.4, -0.2) is 22.2 Å². The number of carbonyl (C=O) groups is 2. The third kappa shape index (κ3) is 19.8. The number of unbranched alkanes of at least 4 members (excludes halogenated alkanes) is 12. The van der Waals surface area contributed by atoms with Crippen LogP contribution < -0.4 is 0 Å². The molecule has 0 aromatic rings. The normalized spacial score (nSPS) is 13.9. The van der Waals surface area contributed by atoms with Crippen molar-refractivity contribution in [1.29, 1.82) is 0 Å². The quantitative estimate of drug-likeness (QED) is 0.0900. The van der Waals surface area contributed by atoms with E-state index in [1.807, 2.05) is 0 Å². The van der Waals surface area contributed by atoms with Gasteiger partial charge in [0.05, 0.1) is 0 Å². The van der Waals surface area contributed by atoms with Crippen LogP contribution in [0.2, 0.25) is 0 Å². The highest BCUT2D eigenvalue weighted by Crippen LogP contribution is 2.24. The number of aliphatic carboxylic acids is 2. The maximum atomic E-state index is 11.9. The average molecular weight is 509 g/mol. The Kier molecular flexibility index (Phi) is 23.2. The molecule has 0 bridgehead atoms. The van der Waals surface area contributed by atoms with E-state index in [9.17, 15) is 19.8 Å². The summed E-state index contributed by atoms with van der Waals surface area (Å²) in [5.41, 5.74) is 0.261. The van der Waals surface area contributed by atoms with Gasteiger partial charge in [-0.15, -0.1) is 0 Å². The Labute approximate surface area is 223 Å². The second-order valence-electron chi connectivity index (χ2n) is 11.4. The van der Waals surface area contributed by atoms with Crippen LogP contribution in [0.4, 0.5) is 0 Å². The standard InChI is InChI=1S/C32H60O4/c1-5-7-9-11-13-15-21-27(3)23-17-19-25-29(31(33)34)30(32(35)36)26-20-18-24-28(4)22-16-14-12-10-8-6-2/h27-28H,5-26H2,1-4H3,(H,33,34)(H,35,36)/b30-29-. The van der Waals surface area contributed by atoms with Crippen LogP contribution in [0.15, 0.2) is 11.1 Å². The molecule has 0 spiro atoms. The zero-order valence-corrected chi connectivity index (χ0v) is 24.4. The lowest BCUT2D eigenvalue weighted by atomic mass is 9.92. The van der Waals surface area contributed by atoms with Crippen molar-refractivity contribution >= 4 is 11.9 Å². The fourth-order valence-electron chi connectivity index (χ4n) is 5.20. The van der Waals surface area contributed by atoms with E-state index in [0.29, 0.717) is 24.7 Å². The van der Waals surface area contributed by atoms with Crippen molar-refractivity contribution in [2.75, 3.05) is 0 Å². The van der Waals surface area contributed by atoms with Gasteiger partial charge in [-0.1, -0.05) is 143 Å². The van der Waals surface area contributed by atoms with Crippen molar-refractivity contribution in [3.05, 3.63) is 11.1 Å². The molecule has 0 aromatic heterocycles. The monoisotopic (exact) mass is 508 g/mol. The molecule has 4 nitrogen and oxygen atoms in total. The Hall–Kier alpha value is -1.32. The molecule has 0 aliphatic heterocycles. The van der Waals surface area contributed by atoms with Crippen molar-refractivity contribution in [3.8, 4) is 0 Å². The zero-order valence-electron chi connectivity index (χ0n) is 24.4. The summed E-state index contributed by atoms with van der Waals surface area (Å²) in [5.74, 6) is -0.788. The molecule has 4 heteroatoms. The Balaban J connectivity index is 4.31. The molecular formula is C32H60O4. The average Bonchev–Trinajstić information content (AvgIpc) is 2.83. The highest BCUT2D eigenvalue weighted by atomic mass is 16.4. The third-order valence-corrected chi connectivity index (χ3v) is 7.73. The summed E-state index contributed by atoms with van der Waals surface area (Å²) in [5, 5.41) is 19.4. The van der Waals surface area contributed by atoms with Crippen molar-refractivity contribution in [2.45, 2.75) is 169 Å². The molecule has 0 saturated carbocycles. The first-order valence-electron chi connectivity index (χ1n) is 15.5. The van der Waals surface area contributed by atoms with Crippen LogP contribution in [0, 0.1) is 11.8 Å². The minimum atomic E-state index is -1.05. The number of hydrogen-bond acceptors (Lipinski definition) is 2. The molecule has 36 heavy (non-hydrogen) atoms. The maximum absolute atomic E-state index is 11.9. The molecule has 0 amide bonds. The molecular weight excluding hydrogens is 448 g/mol. The number of hydrogen-bond donors (Lipinski definition) is 2. The van der Waals surface area contributed by atoms with E-state index < -0.39 is 11.9 Å². The lowest BCUT2D eigenvalue weighted by Gasteiger charge is -2.13. The molecule has 2 N–H and O–H groups in total. The van der Waals surface area contributed by atoms with Crippen molar-refractivity contribution in [3.63, 3.8) is 0 Å². The molecule has 0 fully saturated rings. The number of carboxylic acids is 2. The second kappa shape index (κ2) is 24.0. The number of carboxylic acid groups (broad SMARTS) is 2. The van der Waals surface area contributed by atoms with Crippen LogP contribution in [0.5, 0.6) is 0 Å². The number of rotatable bonds is 26. The van der Waals surface area contributed by atoms with Gasteiger partial charge in [-0.2, -0.15) is 0 Å². The third-order valence-electron chi connectivity index (χ3n) is 7.73.